The Hall–Kier alpha value is -4.00. The minimum Gasteiger partial charge on any atom is -0.398 e. The largest absolute Gasteiger partial charge is 0.398 e. The molecule has 3 aliphatic rings. The molecule has 0 atom stereocenters. The van der Waals surface area contributed by atoms with Crippen molar-refractivity contribution in [2.24, 2.45) is 4.99 Å². The Balaban J connectivity index is 0.000000804. The Bertz CT molecular complexity index is 1580. The summed E-state index contributed by atoms with van der Waals surface area (Å²) in [7, 11) is 0. The van der Waals surface area contributed by atoms with Crippen LogP contribution in [-0.2, 0) is 0 Å². The van der Waals surface area contributed by atoms with Gasteiger partial charge in [-0.3, -0.25) is 4.79 Å². The highest BCUT2D eigenvalue weighted by atomic mass is 35.5. The molecule has 2 amide bonds. The number of aliphatic imine (C=N–C) groups is 1. The highest BCUT2D eigenvalue weighted by Gasteiger charge is 2.59. The van der Waals surface area contributed by atoms with Crippen LogP contribution in [0.5, 0.6) is 0 Å². The lowest BCUT2D eigenvalue weighted by Gasteiger charge is -2.47. The lowest BCUT2D eigenvalue weighted by molar-refractivity contribution is -0.293. The van der Waals surface area contributed by atoms with Crippen LogP contribution >= 0.6 is 23.2 Å². The van der Waals surface area contributed by atoms with Crippen molar-refractivity contribution in [3.8, 4) is 0 Å². The van der Waals surface area contributed by atoms with Crippen LogP contribution in [0.4, 0.5) is 0 Å². The number of fused-ring (bicyclic) bond motifs is 5. The molecule has 0 bridgehead atoms. The zero-order valence-corrected chi connectivity index (χ0v) is 21.1. The lowest BCUT2D eigenvalue weighted by atomic mass is 9.34. The quantitative estimate of drug-likeness (QED) is 0.292. The maximum atomic E-state index is 14.1. The SMILES string of the molecule is ClCCl.O=C1c2ccccc2C2=NC3=[N+](C(=O)c4ccccc43)[B-](c3ccccc3)(c3ccccc3)N12. The molecule has 0 fully saturated rings. The third-order valence-electron chi connectivity index (χ3n) is 7.18. The molecule has 0 aliphatic carbocycles. The van der Waals surface area contributed by atoms with E-state index in [1.54, 1.807) is 9.30 Å². The summed E-state index contributed by atoms with van der Waals surface area (Å²) in [5, 5.41) is 0.194. The van der Waals surface area contributed by atoms with Gasteiger partial charge < -0.3 is 9.30 Å². The smallest absolute Gasteiger partial charge is 0.353 e. The molecular formula is C29H20BCl2N3O2. The molecule has 0 aromatic heterocycles. The molecule has 180 valence electrons. The molecule has 0 N–H and O–H groups in total. The molecule has 4 aromatic rings. The van der Waals surface area contributed by atoms with Crippen molar-refractivity contribution >= 4 is 64.0 Å². The summed E-state index contributed by atoms with van der Waals surface area (Å²) in [5.41, 5.74) is 4.52. The van der Waals surface area contributed by atoms with E-state index in [1.165, 1.54) is 0 Å². The molecule has 0 radical (unpaired) electrons. The van der Waals surface area contributed by atoms with Crippen molar-refractivity contribution < 1.29 is 14.1 Å². The second-order valence-corrected chi connectivity index (χ2v) is 9.71. The first-order chi connectivity index (χ1) is 18.1. The van der Waals surface area contributed by atoms with Crippen molar-refractivity contribution in [3.05, 3.63) is 131 Å². The van der Waals surface area contributed by atoms with Gasteiger partial charge in [0.25, 0.3) is 11.7 Å². The molecule has 4 aromatic carbocycles. The van der Waals surface area contributed by atoms with Crippen LogP contribution in [0, 0.1) is 0 Å². The van der Waals surface area contributed by atoms with Crippen LogP contribution in [-0.4, -0.2) is 44.5 Å². The first-order valence-electron chi connectivity index (χ1n) is 11.9. The monoisotopic (exact) mass is 523 g/mol. The van der Waals surface area contributed by atoms with Gasteiger partial charge in [0.05, 0.1) is 22.0 Å². The number of carbonyl (C=O) groups excluding carboxylic acids is 2. The Labute approximate surface area is 224 Å². The molecule has 7 rings (SSSR count). The summed E-state index contributed by atoms with van der Waals surface area (Å²) >= 11 is 9.53. The number of nitrogens with zero attached hydrogens (tertiary/aromatic N) is 3. The Morgan fingerprint density at radius 1 is 0.649 bits per heavy atom. The topological polar surface area (TPSA) is 52.8 Å². The van der Waals surface area contributed by atoms with Gasteiger partial charge in [-0.25, -0.2) is 4.79 Å². The van der Waals surface area contributed by atoms with Crippen LogP contribution in [0.15, 0.2) is 114 Å². The van der Waals surface area contributed by atoms with Gasteiger partial charge in [-0.15, -0.1) is 34.1 Å². The molecule has 3 aliphatic heterocycles. The minimum atomic E-state index is -2.22. The number of amides is 2. The molecule has 3 heterocycles. The highest BCUT2D eigenvalue weighted by molar-refractivity contribution is 6.99. The molecule has 0 spiro atoms. The van der Waals surface area contributed by atoms with Crippen LogP contribution in [0.2, 0.25) is 0 Å². The van der Waals surface area contributed by atoms with E-state index in [0.29, 0.717) is 22.8 Å². The highest BCUT2D eigenvalue weighted by Crippen LogP contribution is 2.35. The fourth-order valence-electron chi connectivity index (χ4n) is 5.81. The zero-order valence-electron chi connectivity index (χ0n) is 19.6. The first-order valence-corrected chi connectivity index (χ1v) is 12.9. The standard InChI is InChI=1S/C28H18BN3O2.CH2Cl2/c33-27-23-17-9-7-15-21(23)25-30-26-22-16-8-10-18-24(22)28(34)32(26)29(31(25)27,19-11-3-1-4-12-19)20-13-5-2-6-14-20;2-1-3/h1-18H;1H2. The van der Waals surface area contributed by atoms with Crippen molar-refractivity contribution in [1.82, 2.24) is 4.81 Å². The summed E-state index contributed by atoms with van der Waals surface area (Å²) in [4.78, 5) is 34.9. The van der Waals surface area contributed by atoms with Crippen LogP contribution in [0.3, 0.4) is 0 Å². The normalized spacial score (nSPS) is 16.3. The maximum Gasteiger partial charge on any atom is 0.353 e. The molecule has 0 unspecified atom stereocenters. The number of benzene rings is 4. The Morgan fingerprint density at radius 2 is 1.11 bits per heavy atom. The van der Waals surface area contributed by atoms with E-state index in [4.69, 9.17) is 28.2 Å². The van der Waals surface area contributed by atoms with E-state index in [2.05, 4.69) is 0 Å². The van der Waals surface area contributed by atoms with Crippen molar-refractivity contribution in [1.29, 1.82) is 0 Å². The average Bonchev–Trinajstić information content (AvgIpc) is 3.41. The number of amidine groups is 2. The fraction of sp³-hybridized carbons (Fsp3) is 0.0345. The molecular weight excluding hydrogens is 504 g/mol. The van der Waals surface area contributed by atoms with Gasteiger partial charge in [-0.05, 0) is 29.3 Å². The van der Waals surface area contributed by atoms with E-state index in [1.807, 2.05) is 109 Å². The molecule has 0 saturated carbocycles. The summed E-state index contributed by atoms with van der Waals surface area (Å²) in [6.07, 6.45) is -2.22. The van der Waals surface area contributed by atoms with Gasteiger partial charge in [0, 0.05) is 5.56 Å². The third kappa shape index (κ3) is 3.26. The second-order valence-electron chi connectivity index (χ2n) is 8.90. The number of hydrogen-bond acceptors (Lipinski definition) is 3. The predicted molar refractivity (Wildman–Crippen MR) is 149 cm³/mol. The fourth-order valence-corrected chi connectivity index (χ4v) is 5.81. The Morgan fingerprint density at radius 3 is 1.68 bits per heavy atom. The van der Waals surface area contributed by atoms with E-state index in [0.717, 1.165) is 22.1 Å². The maximum absolute atomic E-state index is 14.1. The number of rotatable bonds is 2. The van der Waals surface area contributed by atoms with Gasteiger partial charge in [0.1, 0.15) is 0 Å². The summed E-state index contributed by atoms with van der Waals surface area (Å²) in [5.74, 6) is 0.878. The van der Waals surface area contributed by atoms with Crippen LogP contribution < -0.4 is 10.9 Å². The first kappa shape index (κ1) is 23.4. The number of carbonyl (C=O) groups is 2. The second kappa shape index (κ2) is 9.14. The lowest BCUT2D eigenvalue weighted by Crippen LogP contribution is -2.80. The van der Waals surface area contributed by atoms with E-state index < -0.39 is 6.42 Å². The van der Waals surface area contributed by atoms with Gasteiger partial charge >= 0.3 is 6.42 Å². The average molecular weight is 524 g/mol. The van der Waals surface area contributed by atoms with Gasteiger partial charge in [-0.2, -0.15) is 0 Å². The van der Waals surface area contributed by atoms with Crippen molar-refractivity contribution in [3.63, 3.8) is 0 Å². The summed E-state index contributed by atoms with van der Waals surface area (Å²) in [6.45, 7) is 0. The minimum absolute atomic E-state index is 0.148. The van der Waals surface area contributed by atoms with Crippen LogP contribution in [0.1, 0.15) is 31.8 Å². The molecule has 8 heteroatoms. The number of hydrogen-bond donors (Lipinski definition) is 0. The third-order valence-corrected chi connectivity index (χ3v) is 7.18. The molecule has 0 saturated heterocycles. The summed E-state index contributed by atoms with van der Waals surface area (Å²) < 4.78 is 1.77. The summed E-state index contributed by atoms with van der Waals surface area (Å²) in [6, 6.07) is 34.8. The Kier molecular flexibility index (Phi) is 5.78. The zero-order chi connectivity index (χ0) is 25.6. The van der Waals surface area contributed by atoms with Crippen molar-refractivity contribution in [2.45, 2.75) is 0 Å². The van der Waals surface area contributed by atoms with Gasteiger partial charge in [-0.1, -0.05) is 84.9 Å². The van der Waals surface area contributed by atoms with Crippen LogP contribution in [0.25, 0.3) is 0 Å². The molecule has 5 nitrogen and oxygen atoms in total. The molecule has 37 heavy (non-hydrogen) atoms. The van der Waals surface area contributed by atoms with E-state index in [9.17, 15) is 9.59 Å². The van der Waals surface area contributed by atoms with Gasteiger partial charge in [0.15, 0.2) is 0 Å². The predicted octanol–water partition coefficient (Wildman–Crippen LogP) is 4.19. The van der Waals surface area contributed by atoms with Gasteiger partial charge in [0.2, 0.25) is 11.7 Å². The number of halogens is 2. The van der Waals surface area contributed by atoms with E-state index in [-0.39, 0.29) is 17.2 Å². The van der Waals surface area contributed by atoms with E-state index >= 15 is 0 Å². The number of alkyl halides is 2. The van der Waals surface area contributed by atoms with Crippen molar-refractivity contribution in [2.75, 3.05) is 5.34 Å².